The third-order valence-electron chi connectivity index (χ3n) is 4.77. The molecule has 2 N–H and O–H groups in total. The molecule has 0 aliphatic rings. The van der Waals surface area contributed by atoms with Gasteiger partial charge in [-0.15, -0.1) is 0 Å². The molecule has 26 heavy (non-hydrogen) atoms. The predicted molar refractivity (Wildman–Crippen MR) is 99.9 cm³/mol. The van der Waals surface area contributed by atoms with Crippen LogP contribution in [0.2, 0.25) is 0 Å². The largest absolute Gasteiger partial charge is 0.461 e. The topological polar surface area (TPSA) is 84.2 Å². The number of aromatic amines is 2. The maximum absolute atomic E-state index is 12.0. The fraction of sp³-hybridized carbons (Fsp3) is 0.500. The molecule has 0 unspecified atom stereocenters. The Kier molecular flexibility index (Phi) is 6.29. The zero-order chi connectivity index (χ0) is 19.4. The number of esters is 2. The zero-order valence-corrected chi connectivity index (χ0v) is 16.5. The summed E-state index contributed by atoms with van der Waals surface area (Å²) in [5, 5.41) is 0. The molecular formula is C20H28N2O4. The first-order chi connectivity index (χ1) is 12.3. The van der Waals surface area contributed by atoms with E-state index in [4.69, 9.17) is 9.47 Å². The summed E-state index contributed by atoms with van der Waals surface area (Å²) in [5.74, 6) is -0.643. The third-order valence-corrected chi connectivity index (χ3v) is 4.77. The predicted octanol–water partition coefficient (Wildman–Crippen LogP) is 3.72. The van der Waals surface area contributed by atoms with Crippen molar-refractivity contribution in [3.05, 3.63) is 45.0 Å². The van der Waals surface area contributed by atoms with Gasteiger partial charge in [-0.25, -0.2) is 9.59 Å². The molecule has 2 heterocycles. The first-order valence-corrected chi connectivity index (χ1v) is 9.02. The van der Waals surface area contributed by atoms with E-state index in [2.05, 4.69) is 9.97 Å². The van der Waals surface area contributed by atoms with Crippen LogP contribution in [0.15, 0.2) is 0 Å². The Morgan fingerprint density at radius 2 is 1.08 bits per heavy atom. The SMILES string of the molecule is CCOC(=O)c1[nH]c(C)c(CCc2c(C)[nH]c(C(=O)OCC)c2C)c1C. The second kappa shape index (κ2) is 8.25. The van der Waals surface area contributed by atoms with Gasteiger partial charge in [0.15, 0.2) is 0 Å². The summed E-state index contributed by atoms with van der Waals surface area (Å²) >= 11 is 0. The van der Waals surface area contributed by atoms with Crippen LogP contribution in [0.3, 0.4) is 0 Å². The fourth-order valence-corrected chi connectivity index (χ4v) is 3.39. The Balaban J connectivity index is 2.22. The minimum absolute atomic E-state index is 0.321. The van der Waals surface area contributed by atoms with Crippen LogP contribution in [-0.4, -0.2) is 35.1 Å². The highest BCUT2D eigenvalue weighted by Gasteiger charge is 2.21. The number of hydrogen-bond donors (Lipinski definition) is 2. The lowest BCUT2D eigenvalue weighted by molar-refractivity contribution is 0.0509. The van der Waals surface area contributed by atoms with E-state index in [1.54, 1.807) is 13.8 Å². The average Bonchev–Trinajstić information content (AvgIpc) is 3.03. The summed E-state index contributed by atoms with van der Waals surface area (Å²) in [6, 6.07) is 0. The van der Waals surface area contributed by atoms with E-state index >= 15 is 0 Å². The van der Waals surface area contributed by atoms with Gasteiger partial charge in [-0.05, 0) is 76.6 Å². The van der Waals surface area contributed by atoms with Crippen LogP contribution in [-0.2, 0) is 22.3 Å². The highest BCUT2D eigenvalue weighted by molar-refractivity contribution is 5.90. The van der Waals surface area contributed by atoms with E-state index in [-0.39, 0.29) is 11.9 Å². The summed E-state index contributed by atoms with van der Waals surface area (Å²) in [6.45, 7) is 12.1. The van der Waals surface area contributed by atoms with Crippen LogP contribution in [0.25, 0.3) is 0 Å². The van der Waals surface area contributed by atoms with Crippen molar-refractivity contribution in [1.29, 1.82) is 0 Å². The Morgan fingerprint density at radius 3 is 1.38 bits per heavy atom. The number of H-pyrrole nitrogens is 2. The molecular weight excluding hydrogens is 332 g/mol. The van der Waals surface area contributed by atoms with Gasteiger partial charge in [0.25, 0.3) is 0 Å². The monoisotopic (exact) mass is 360 g/mol. The fourth-order valence-electron chi connectivity index (χ4n) is 3.39. The summed E-state index contributed by atoms with van der Waals surface area (Å²) in [5.41, 5.74) is 7.08. The lowest BCUT2D eigenvalue weighted by atomic mass is 9.98. The molecule has 0 aromatic carbocycles. The van der Waals surface area contributed by atoms with Crippen LogP contribution in [0.5, 0.6) is 0 Å². The molecule has 0 fully saturated rings. The smallest absolute Gasteiger partial charge is 0.355 e. The van der Waals surface area contributed by atoms with E-state index in [1.807, 2.05) is 27.7 Å². The van der Waals surface area contributed by atoms with Crippen LogP contribution >= 0.6 is 0 Å². The molecule has 0 radical (unpaired) electrons. The van der Waals surface area contributed by atoms with Gasteiger partial charge in [-0.3, -0.25) is 0 Å². The van der Waals surface area contributed by atoms with Gasteiger partial charge in [0.05, 0.1) is 13.2 Å². The summed E-state index contributed by atoms with van der Waals surface area (Å²) in [6.07, 6.45) is 1.55. The van der Waals surface area contributed by atoms with Gasteiger partial charge in [-0.2, -0.15) is 0 Å². The van der Waals surface area contributed by atoms with Crippen molar-refractivity contribution in [3.63, 3.8) is 0 Å². The van der Waals surface area contributed by atoms with Crippen molar-refractivity contribution in [1.82, 2.24) is 9.97 Å². The Labute approximate surface area is 154 Å². The van der Waals surface area contributed by atoms with Crippen LogP contribution < -0.4 is 0 Å². The molecule has 2 rings (SSSR count). The van der Waals surface area contributed by atoms with Gasteiger partial charge in [0.1, 0.15) is 11.4 Å². The van der Waals surface area contributed by atoms with Crippen molar-refractivity contribution >= 4 is 11.9 Å². The third kappa shape index (κ3) is 3.84. The number of nitrogens with one attached hydrogen (secondary N) is 2. The van der Waals surface area contributed by atoms with Crippen molar-refractivity contribution in [2.24, 2.45) is 0 Å². The van der Waals surface area contributed by atoms with Gasteiger partial charge in [0, 0.05) is 11.4 Å². The average molecular weight is 360 g/mol. The molecule has 0 bridgehead atoms. The molecule has 0 amide bonds. The number of hydrogen-bond acceptors (Lipinski definition) is 4. The maximum Gasteiger partial charge on any atom is 0.355 e. The van der Waals surface area contributed by atoms with Gasteiger partial charge < -0.3 is 19.4 Å². The Hall–Kier alpha value is -2.50. The van der Waals surface area contributed by atoms with Gasteiger partial charge in [-0.1, -0.05) is 0 Å². The van der Waals surface area contributed by atoms with Gasteiger partial charge in [0.2, 0.25) is 0 Å². The number of ether oxygens (including phenoxy) is 2. The van der Waals surface area contributed by atoms with Crippen molar-refractivity contribution in [2.75, 3.05) is 13.2 Å². The van der Waals surface area contributed by atoms with E-state index in [9.17, 15) is 9.59 Å². The second-order valence-electron chi connectivity index (χ2n) is 6.40. The van der Waals surface area contributed by atoms with E-state index in [0.29, 0.717) is 24.6 Å². The Morgan fingerprint density at radius 1 is 0.731 bits per heavy atom. The number of aryl methyl sites for hydroxylation is 2. The first kappa shape index (κ1) is 19.8. The van der Waals surface area contributed by atoms with Crippen molar-refractivity contribution < 1.29 is 19.1 Å². The number of carbonyl (C=O) groups is 2. The molecule has 0 atom stereocenters. The highest BCUT2D eigenvalue weighted by atomic mass is 16.5. The van der Waals surface area contributed by atoms with Crippen molar-refractivity contribution in [3.8, 4) is 0 Å². The van der Waals surface area contributed by atoms with Crippen molar-refractivity contribution in [2.45, 2.75) is 54.4 Å². The van der Waals surface area contributed by atoms with Crippen LogP contribution in [0.1, 0.15) is 68.5 Å². The van der Waals surface area contributed by atoms with E-state index < -0.39 is 0 Å². The second-order valence-corrected chi connectivity index (χ2v) is 6.40. The number of rotatable bonds is 7. The molecule has 6 heteroatoms. The summed E-state index contributed by atoms with van der Waals surface area (Å²) in [7, 11) is 0. The lowest BCUT2D eigenvalue weighted by Crippen LogP contribution is -2.07. The molecule has 0 saturated carbocycles. The van der Waals surface area contributed by atoms with Crippen LogP contribution in [0, 0.1) is 27.7 Å². The molecule has 0 saturated heterocycles. The molecule has 0 spiro atoms. The van der Waals surface area contributed by atoms with E-state index in [1.165, 1.54) is 0 Å². The summed E-state index contributed by atoms with van der Waals surface area (Å²) < 4.78 is 10.2. The quantitative estimate of drug-likeness (QED) is 0.737. The van der Waals surface area contributed by atoms with Crippen LogP contribution in [0.4, 0.5) is 0 Å². The zero-order valence-electron chi connectivity index (χ0n) is 16.5. The first-order valence-electron chi connectivity index (χ1n) is 9.02. The lowest BCUT2D eigenvalue weighted by Gasteiger charge is -2.06. The van der Waals surface area contributed by atoms with Gasteiger partial charge >= 0.3 is 11.9 Å². The number of aromatic nitrogens is 2. The maximum atomic E-state index is 12.0. The minimum Gasteiger partial charge on any atom is -0.461 e. The number of carbonyl (C=O) groups excluding carboxylic acids is 2. The Bertz CT molecular complexity index is 746. The molecule has 2 aromatic rings. The minimum atomic E-state index is -0.321. The molecule has 0 aliphatic carbocycles. The summed E-state index contributed by atoms with van der Waals surface area (Å²) in [4.78, 5) is 30.4. The standard InChI is InChI=1S/C20H28N2O4/c1-7-25-19(23)17-11(3)15(13(5)21-17)9-10-16-12(4)18(22-14(16)6)20(24)26-8-2/h21-22H,7-10H2,1-6H3. The molecule has 0 aliphatic heterocycles. The molecule has 142 valence electrons. The normalized spacial score (nSPS) is 10.8. The van der Waals surface area contributed by atoms with E-state index in [0.717, 1.165) is 46.5 Å². The molecule has 6 nitrogen and oxygen atoms in total. The highest BCUT2D eigenvalue weighted by Crippen LogP contribution is 2.24. The molecule has 2 aromatic heterocycles.